The maximum absolute atomic E-state index is 12.9. The number of aromatic nitrogens is 2. The first-order valence-corrected chi connectivity index (χ1v) is 10.8. The summed E-state index contributed by atoms with van der Waals surface area (Å²) in [6.07, 6.45) is -8.50. The highest BCUT2D eigenvalue weighted by molar-refractivity contribution is 6.33. The molecule has 1 fully saturated rings. The Balaban J connectivity index is 1.39. The van der Waals surface area contributed by atoms with E-state index in [4.69, 9.17) is 28.0 Å². The van der Waals surface area contributed by atoms with Crippen molar-refractivity contribution in [3.05, 3.63) is 45.7 Å². The molecule has 2 atom stereocenters. The third-order valence-electron chi connectivity index (χ3n) is 5.23. The molecule has 2 aliphatic heterocycles. The molecule has 17 heteroatoms. The summed E-state index contributed by atoms with van der Waals surface area (Å²) in [6.45, 7) is 1.60. The van der Waals surface area contributed by atoms with Crippen LogP contribution in [0.3, 0.4) is 0 Å². The molecule has 3 N–H and O–H groups in total. The molecule has 0 aliphatic carbocycles. The average molecular weight is 558 g/mol. The van der Waals surface area contributed by atoms with Crippen LogP contribution < -0.4 is 21.1 Å². The van der Waals surface area contributed by atoms with E-state index in [0.717, 1.165) is 11.1 Å². The first-order valence-electron chi connectivity index (χ1n) is 10.00. The van der Waals surface area contributed by atoms with Crippen LogP contribution in [0.25, 0.3) is 0 Å². The van der Waals surface area contributed by atoms with Crippen LogP contribution in [0.2, 0.25) is 10.0 Å². The third kappa shape index (κ3) is 5.22. The van der Waals surface area contributed by atoms with Crippen molar-refractivity contribution >= 4 is 46.6 Å². The Hall–Kier alpha value is -3.04. The molecule has 0 saturated carbocycles. The van der Waals surface area contributed by atoms with E-state index >= 15 is 0 Å². The summed E-state index contributed by atoms with van der Waals surface area (Å²) >= 11 is 11.8. The van der Waals surface area contributed by atoms with Crippen molar-refractivity contribution in [2.24, 2.45) is 5.16 Å². The van der Waals surface area contributed by atoms with E-state index in [1.165, 1.54) is 6.92 Å². The molecule has 0 spiro atoms. The predicted octanol–water partition coefficient (Wildman–Crippen LogP) is 4.83. The van der Waals surface area contributed by atoms with Gasteiger partial charge in [0, 0.05) is 18.8 Å². The van der Waals surface area contributed by atoms with Crippen LogP contribution in [0.5, 0.6) is 0 Å². The minimum absolute atomic E-state index is 0.00872. The van der Waals surface area contributed by atoms with Gasteiger partial charge in [-0.1, -0.05) is 28.4 Å². The molecule has 4 heterocycles. The third-order valence-corrected chi connectivity index (χ3v) is 5.80. The van der Waals surface area contributed by atoms with Gasteiger partial charge in [-0.05, 0) is 19.1 Å². The Morgan fingerprint density at radius 3 is 2.31 bits per heavy atom. The van der Waals surface area contributed by atoms with Gasteiger partial charge in [0.05, 0.1) is 27.7 Å². The van der Waals surface area contributed by atoms with Crippen LogP contribution in [0.4, 0.5) is 42.8 Å². The highest BCUT2D eigenvalue weighted by Gasteiger charge is 2.47. The molecule has 2 aromatic rings. The summed E-state index contributed by atoms with van der Waals surface area (Å²) in [6, 6.07) is 0.631. The smallest absolute Gasteiger partial charge is 0.390 e. The lowest BCUT2D eigenvalue weighted by atomic mass is 10.0. The zero-order valence-electron chi connectivity index (χ0n) is 17.9. The van der Waals surface area contributed by atoms with Gasteiger partial charge in [0.25, 0.3) is 0 Å². The molecule has 2 aliphatic rings. The summed E-state index contributed by atoms with van der Waals surface area (Å²) < 4.78 is 76.9. The Bertz CT molecular complexity index is 1230. The molecule has 2 amide bonds. The van der Waals surface area contributed by atoms with E-state index in [1.807, 2.05) is 0 Å². The van der Waals surface area contributed by atoms with Gasteiger partial charge in [0.15, 0.2) is 5.82 Å². The molecule has 4 rings (SSSR count). The minimum Gasteiger partial charge on any atom is -0.390 e. The van der Waals surface area contributed by atoms with E-state index in [2.05, 4.69) is 31.2 Å². The van der Waals surface area contributed by atoms with Gasteiger partial charge >= 0.3 is 18.4 Å². The fourth-order valence-electron chi connectivity index (χ4n) is 3.37. The number of hydrogen-bond donors (Lipinski definition) is 3. The second-order valence-electron chi connectivity index (χ2n) is 7.93. The van der Waals surface area contributed by atoms with Crippen LogP contribution in [0.1, 0.15) is 24.5 Å². The lowest BCUT2D eigenvalue weighted by Crippen LogP contribution is -2.55. The lowest BCUT2D eigenvalue weighted by molar-refractivity contribution is -0.138. The van der Waals surface area contributed by atoms with Crippen molar-refractivity contribution in [1.82, 2.24) is 20.7 Å². The Morgan fingerprint density at radius 1 is 1.11 bits per heavy atom. The highest BCUT2D eigenvalue weighted by Crippen LogP contribution is 2.35. The van der Waals surface area contributed by atoms with E-state index < -0.39 is 46.3 Å². The van der Waals surface area contributed by atoms with Crippen molar-refractivity contribution in [2.75, 3.05) is 16.9 Å². The number of hydrogen-bond acceptors (Lipinski definition) is 7. The zero-order valence-corrected chi connectivity index (χ0v) is 19.4. The molecular formula is C19H15Cl2F6N7O2. The summed E-state index contributed by atoms with van der Waals surface area (Å²) in [5, 5.41) is 9.53. The maximum atomic E-state index is 12.9. The number of pyridine rings is 2. The lowest BCUT2D eigenvalue weighted by Gasteiger charge is -2.24. The summed E-state index contributed by atoms with van der Waals surface area (Å²) in [7, 11) is 0. The quantitative estimate of drug-likeness (QED) is 0.455. The molecule has 0 bridgehead atoms. The van der Waals surface area contributed by atoms with Gasteiger partial charge in [0.2, 0.25) is 0 Å². The molecule has 194 valence electrons. The Kier molecular flexibility index (Phi) is 6.59. The number of nitrogens with one attached hydrogen (secondary N) is 3. The Labute approximate surface area is 208 Å². The van der Waals surface area contributed by atoms with Gasteiger partial charge in [0.1, 0.15) is 23.3 Å². The van der Waals surface area contributed by atoms with Gasteiger partial charge in [-0.15, -0.1) is 0 Å². The van der Waals surface area contributed by atoms with Crippen molar-refractivity contribution in [1.29, 1.82) is 0 Å². The number of rotatable bonds is 5. The SMILES string of the molecule is C[C@]1(C2=NO[C@@H](CNc3ncc(C(F)(F)F)cc3Cl)C2)NC(=O)N(c2ncc(C(F)(F)F)cc2Cl)N1. The van der Waals surface area contributed by atoms with E-state index in [9.17, 15) is 31.1 Å². The predicted molar refractivity (Wildman–Crippen MR) is 116 cm³/mol. The fourth-order valence-corrected chi connectivity index (χ4v) is 3.86. The average Bonchev–Trinajstić information content (AvgIpc) is 3.36. The van der Waals surface area contributed by atoms with Crippen LogP contribution >= 0.6 is 23.2 Å². The number of nitrogens with zero attached hydrogens (tertiary/aromatic N) is 4. The zero-order chi connectivity index (χ0) is 26.5. The van der Waals surface area contributed by atoms with Crippen molar-refractivity contribution in [3.8, 4) is 0 Å². The molecule has 2 aromatic heterocycles. The van der Waals surface area contributed by atoms with Gasteiger partial charge in [-0.2, -0.15) is 31.8 Å². The van der Waals surface area contributed by atoms with Crippen molar-refractivity contribution < 1.29 is 36.0 Å². The number of amides is 2. The first-order chi connectivity index (χ1) is 16.7. The maximum Gasteiger partial charge on any atom is 0.417 e. The van der Waals surface area contributed by atoms with E-state index in [-0.39, 0.29) is 29.6 Å². The van der Waals surface area contributed by atoms with Crippen molar-refractivity contribution in [2.45, 2.75) is 37.5 Å². The van der Waals surface area contributed by atoms with Crippen LogP contribution in [-0.4, -0.2) is 40.0 Å². The molecule has 9 nitrogen and oxygen atoms in total. The van der Waals surface area contributed by atoms with Crippen LogP contribution in [0.15, 0.2) is 29.7 Å². The van der Waals surface area contributed by atoms with E-state index in [0.29, 0.717) is 24.2 Å². The minimum atomic E-state index is -4.66. The fraction of sp³-hybridized carbons (Fsp3) is 0.368. The molecule has 0 unspecified atom stereocenters. The number of carbonyl (C=O) groups is 1. The molecule has 1 saturated heterocycles. The van der Waals surface area contributed by atoms with Gasteiger partial charge < -0.3 is 15.5 Å². The number of halogens is 8. The first kappa shape index (κ1) is 26.0. The second-order valence-corrected chi connectivity index (χ2v) is 8.75. The Morgan fingerprint density at radius 2 is 1.72 bits per heavy atom. The molecular weight excluding hydrogens is 543 g/mol. The number of anilines is 2. The monoisotopic (exact) mass is 557 g/mol. The van der Waals surface area contributed by atoms with Crippen LogP contribution in [0, 0.1) is 0 Å². The van der Waals surface area contributed by atoms with Gasteiger partial charge in [-0.3, -0.25) is 0 Å². The number of hydrazine groups is 1. The normalized spacial score (nSPS) is 22.4. The van der Waals surface area contributed by atoms with Gasteiger partial charge in [-0.25, -0.2) is 19.8 Å². The standard InChI is InChI=1S/C19H15Cl2F6N7O2/c1-17(31-16(35)34(33-17)15-12(21)3-9(6-30-15)19(25,26)27)13-4-10(36-32-13)7-29-14-11(20)2-8(5-28-14)18(22,23)24/h2-3,5-6,10,33H,4,7H2,1H3,(H,28,29)(H,31,35)/t10-,17+/m1/s1. The second kappa shape index (κ2) is 9.12. The largest absolute Gasteiger partial charge is 0.417 e. The number of alkyl halides is 6. The number of urea groups is 1. The van der Waals surface area contributed by atoms with Crippen molar-refractivity contribution in [3.63, 3.8) is 0 Å². The highest BCUT2D eigenvalue weighted by atomic mass is 35.5. The summed E-state index contributed by atoms with van der Waals surface area (Å²) in [5.41, 5.74) is -0.286. The van der Waals surface area contributed by atoms with E-state index in [1.54, 1.807) is 0 Å². The topological polar surface area (TPSA) is 104 Å². The molecule has 0 aromatic carbocycles. The van der Waals surface area contributed by atoms with Crippen LogP contribution in [-0.2, 0) is 17.2 Å². The molecule has 0 radical (unpaired) electrons. The number of carbonyl (C=O) groups excluding carboxylic acids is 1. The summed E-state index contributed by atoms with van der Waals surface area (Å²) in [4.78, 5) is 25.2. The molecule has 36 heavy (non-hydrogen) atoms. The number of oxime groups is 1. The summed E-state index contributed by atoms with van der Waals surface area (Å²) in [5.74, 6) is -0.249.